The van der Waals surface area contributed by atoms with E-state index < -0.39 is 5.67 Å². The molecule has 19 heavy (non-hydrogen) atoms. The smallest absolute Gasteiger partial charge is 0.231 e. The third-order valence-electron chi connectivity index (χ3n) is 3.58. The third kappa shape index (κ3) is 3.00. The summed E-state index contributed by atoms with van der Waals surface area (Å²) in [4.78, 5) is 0. The van der Waals surface area contributed by atoms with Crippen LogP contribution < -0.4 is 14.8 Å². The molecule has 0 bridgehead atoms. The van der Waals surface area contributed by atoms with Crippen LogP contribution in [0.3, 0.4) is 0 Å². The minimum Gasteiger partial charge on any atom is -0.454 e. The maximum absolute atomic E-state index is 14.0. The average Bonchev–Trinajstić information content (AvgIpc) is 3.03. The predicted octanol–water partition coefficient (Wildman–Crippen LogP) is 3.07. The van der Waals surface area contributed by atoms with E-state index in [9.17, 15) is 4.39 Å². The average molecular weight is 267 g/mol. The second-order valence-corrected chi connectivity index (χ2v) is 4.77. The Morgan fingerprint density at radius 1 is 1.26 bits per heavy atom. The molecule has 3 nitrogen and oxygen atoms in total. The molecule has 1 aliphatic carbocycles. The Morgan fingerprint density at radius 2 is 1.95 bits per heavy atom. The largest absolute Gasteiger partial charge is 0.454 e. The quantitative estimate of drug-likeness (QED) is 0.909. The summed E-state index contributed by atoms with van der Waals surface area (Å²) in [6.07, 6.45) is 2.02. The molecule has 1 saturated carbocycles. The lowest BCUT2D eigenvalue weighted by atomic mass is 10.0. The molecule has 0 saturated heterocycles. The Balaban J connectivity index is 0.000000637. The lowest BCUT2D eigenvalue weighted by Gasteiger charge is -2.20. The minimum absolute atomic E-state index is 0.108. The molecular formula is C15H22FNO2. The fraction of sp³-hybridized carbons (Fsp3) is 0.600. The van der Waals surface area contributed by atoms with Gasteiger partial charge in [-0.1, -0.05) is 19.9 Å². The second kappa shape index (κ2) is 5.78. The lowest BCUT2D eigenvalue weighted by molar-refractivity contribution is 0.174. The first-order valence-electron chi connectivity index (χ1n) is 6.96. The lowest BCUT2D eigenvalue weighted by Crippen LogP contribution is -2.38. The van der Waals surface area contributed by atoms with E-state index in [0.29, 0.717) is 19.3 Å². The van der Waals surface area contributed by atoms with Gasteiger partial charge in [0.15, 0.2) is 11.5 Å². The van der Waals surface area contributed by atoms with Crippen LogP contribution >= 0.6 is 0 Å². The fourth-order valence-corrected chi connectivity index (χ4v) is 2.32. The van der Waals surface area contributed by atoms with Crippen molar-refractivity contribution >= 4 is 0 Å². The summed E-state index contributed by atoms with van der Waals surface area (Å²) in [7, 11) is 1.82. The van der Waals surface area contributed by atoms with Gasteiger partial charge in [0.2, 0.25) is 6.79 Å². The van der Waals surface area contributed by atoms with E-state index in [-0.39, 0.29) is 12.8 Å². The Labute approximate surface area is 114 Å². The van der Waals surface area contributed by atoms with Crippen LogP contribution in [0.1, 0.15) is 32.3 Å². The SMILES string of the molecule is CC.CNC(Cc1ccc2c(c1)OCO2)C1(F)CC1. The molecule has 1 fully saturated rings. The highest BCUT2D eigenvalue weighted by molar-refractivity contribution is 5.44. The van der Waals surface area contributed by atoms with Crippen molar-refractivity contribution in [3.63, 3.8) is 0 Å². The van der Waals surface area contributed by atoms with Crippen molar-refractivity contribution in [2.24, 2.45) is 0 Å². The van der Waals surface area contributed by atoms with Gasteiger partial charge in [-0.3, -0.25) is 0 Å². The van der Waals surface area contributed by atoms with Gasteiger partial charge in [0.1, 0.15) is 5.67 Å². The van der Waals surface area contributed by atoms with Gasteiger partial charge in [0.05, 0.1) is 0 Å². The molecule has 2 aliphatic rings. The van der Waals surface area contributed by atoms with E-state index >= 15 is 0 Å². The standard InChI is InChI=1S/C13H16FNO2.C2H6/c1-15-12(13(14)4-5-13)7-9-2-3-10-11(6-9)17-8-16-10;1-2/h2-3,6,12,15H,4-5,7-8H2,1H3;1-2H3. The zero-order chi connectivity index (χ0) is 13.9. The number of fused-ring (bicyclic) bond motifs is 1. The summed E-state index contributed by atoms with van der Waals surface area (Å²) in [5.74, 6) is 1.54. The number of likely N-dealkylation sites (N-methyl/N-ethyl adjacent to an activating group) is 1. The molecule has 1 heterocycles. The first kappa shape index (κ1) is 14.1. The third-order valence-corrected chi connectivity index (χ3v) is 3.58. The fourth-order valence-electron chi connectivity index (χ4n) is 2.32. The topological polar surface area (TPSA) is 30.5 Å². The number of halogens is 1. The number of nitrogens with one attached hydrogen (secondary N) is 1. The number of rotatable bonds is 4. The van der Waals surface area contributed by atoms with E-state index in [2.05, 4.69) is 5.32 Å². The second-order valence-electron chi connectivity index (χ2n) is 4.77. The summed E-state index contributed by atoms with van der Waals surface area (Å²) < 4.78 is 24.6. The van der Waals surface area contributed by atoms with Crippen molar-refractivity contribution in [1.29, 1.82) is 0 Å². The van der Waals surface area contributed by atoms with Crippen molar-refractivity contribution in [2.45, 2.75) is 44.8 Å². The van der Waals surface area contributed by atoms with Crippen LogP contribution in [0, 0.1) is 0 Å². The van der Waals surface area contributed by atoms with Gasteiger partial charge >= 0.3 is 0 Å². The van der Waals surface area contributed by atoms with Crippen LogP contribution in [-0.2, 0) is 6.42 Å². The molecular weight excluding hydrogens is 245 g/mol. The summed E-state index contributed by atoms with van der Waals surface area (Å²) >= 11 is 0. The molecule has 1 atom stereocenters. The monoisotopic (exact) mass is 267 g/mol. The van der Waals surface area contributed by atoms with Crippen LogP contribution in [-0.4, -0.2) is 25.6 Å². The molecule has 0 aromatic heterocycles. The number of hydrogen-bond donors (Lipinski definition) is 1. The predicted molar refractivity (Wildman–Crippen MR) is 73.5 cm³/mol. The van der Waals surface area contributed by atoms with Crippen LogP contribution in [0.2, 0.25) is 0 Å². The molecule has 1 aliphatic heterocycles. The van der Waals surface area contributed by atoms with Gasteiger partial charge in [-0.15, -0.1) is 0 Å². The van der Waals surface area contributed by atoms with E-state index in [1.807, 2.05) is 39.1 Å². The van der Waals surface area contributed by atoms with Gasteiger partial charge in [0.25, 0.3) is 0 Å². The van der Waals surface area contributed by atoms with E-state index in [1.165, 1.54) is 0 Å². The normalized spacial score (nSPS) is 19.4. The van der Waals surface area contributed by atoms with Crippen molar-refractivity contribution in [2.75, 3.05) is 13.8 Å². The Bertz CT molecular complexity index is 432. The number of benzene rings is 1. The van der Waals surface area contributed by atoms with Crippen LogP contribution in [0.25, 0.3) is 0 Å². The number of alkyl halides is 1. The van der Waals surface area contributed by atoms with Gasteiger partial charge in [-0.05, 0) is 44.0 Å². The Hall–Kier alpha value is -1.29. The van der Waals surface area contributed by atoms with Crippen LogP contribution in [0.5, 0.6) is 11.5 Å². The Kier molecular flexibility index (Phi) is 4.30. The van der Waals surface area contributed by atoms with E-state index in [4.69, 9.17) is 9.47 Å². The summed E-state index contributed by atoms with van der Waals surface area (Å²) in [5, 5.41) is 3.07. The van der Waals surface area contributed by atoms with Gasteiger partial charge in [-0.2, -0.15) is 0 Å². The summed E-state index contributed by atoms with van der Waals surface area (Å²) in [6, 6.07) is 5.70. The van der Waals surface area contributed by atoms with Crippen molar-refractivity contribution in [3.05, 3.63) is 23.8 Å². The molecule has 1 aromatic carbocycles. The first-order chi connectivity index (χ1) is 9.21. The van der Waals surface area contributed by atoms with Gasteiger partial charge in [0, 0.05) is 6.04 Å². The summed E-state index contributed by atoms with van der Waals surface area (Å²) in [6.45, 7) is 4.28. The van der Waals surface area contributed by atoms with E-state index in [0.717, 1.165) is 17.1 Å². The molecule has 1 aromatic rings. The molecule has 3 rings (SSSR count). The molecule has 106 valence electrons. The highest BCUT2D eigenvalue weighted by Crippen LogP contribution is 2.44. The molecule has 1 unspecified atom stereocenters. The van der Waals surface area contributed by atoms with Crippen LogP contribution in [0.15, 0.2) is 18.2 Å². The van der Waals surface area contributed by atoms with Crippen molar-refractivity contribution in [3.8, 4) is 11.5 Å². The molecule has 0 radical (unpaired) electrons. The maximum Gasteiger partial charge on any atom is 0.231 e. The molecule has 0 amide bonds. The summed E-state index contributed by atoms with van der Waals surface area (Å²) in [5.41, 5.74) is 0.0722. The van der Waals surface area contributed by atoms with E-state index in [1.54, 1.807) is 0 Å². The first-order valence-corrected chi connectivity index (χ1v) is 6.96. The minimum atomic E-state index is -1.01. The molecule has 1 N–H and O–H groups in total. The van der Waals surface area contributed by atoms with Crippen LogP contribution in [0.4, 0.5) is 4.39 Å². The number of hydrogen-bond acceptors (Lipinski definition) is 3. The zero-order valence-electron chi connectivity index (χ0n) is 11.8. The molecule has 4 heteroatoms. The highest BCUT2D eigenvalue weighted by Gasteiger charge is 2.49. The number of ether oxygens (including phenoxy) is 2. The Morgan fingerprint density at radius 3 is 2.58 bits per heavy atom. The maximum atomic E-state index is 14.0. The van der Waals surface area contributed by atoms with Crippen molar-refractivity contribution in [1.82, 2.24) is 5.32 Å². The highest BCUT2D eigenvalue weighted by atomic mass is 19.1. The zero-order valence-corrected chi connectivity index (χ0v) is 11.8. The van der Waals surface area contributed by atoms with Gasteiger partial charge < -0.3 is 14.8 Å². The van der Waals surface area contributed by atoms with Gasteiger partial charge in [-0.25, -0.2) is 4.39 Å². The van der Waals surface area contributed by atoms with Crippen molar-refractivity contribution < 1.29 is 13.9 Å². The molecule has 0 spiro atoms.